The molecule has 1 rings (SSSR count). The second-order valence-corrected chi connectivity index (χ2v) is 6.72. The number of carbonyl (C=O) groups excluding carboxylic acids is 1. The Bertz CT molecular complexity index is 463. The molecule has 1 aromatic rings. The Morgan fingerprint density at radius 3 is 2.50 bits per heavy atom. The number of rotatable bonds is 6. The first-order valence-electron chi connectivity index (χ1n) is 6.76. The van der Waals surface area contributed by atoms with E-state index in [9.17, 15) is 4.79 Å². The van der Waals surface area contributed by atoms with Crippen LogP contribution in [0.1, 0.15) is 33.3 Å². The number of hydrogen-bond acceptors (Lipinski definition) is 3. The van der Waals surface area contributed by atoms with E-state index < -0.39 is 6.10 Å². The highest BCUT2D eigenvalue weighted by Gasteiger charge is 2.32. The van der Waals surface area contributed by atoms with Crippen molar-refractivity contribution in [2.24, 2.45) is 5.41 Å². The van der Waals surface area contributed by atoms with E-state index in [1.165, 1.54) is 0 Å². The predicted octanol–water partition coefficient (Wildman–Crippen LogP) is 4.02. The maximum absolute atomic E-state index is 12.5. The number of hydrogen-bond donors (Lipinski definition) is 0. The molecule has 0 radical (unpaired) electrons. The normalized spacial score (nSPS) is 13.1. The molecule has 0 aliphatic carbocycles. The van der Waals surface area contributed by atoms with Crippen LogP contribution in [0.25, 0.3) is 0 Å². The van der Waals surface area contributed by atoms with Gasteiger partial charge in [-0.3, -0.25) is 4.79 Å². The summed E-state index contributed by atoms with van der Waals surface area (Å²) < 4.78 is 11.9. The van der Waals surface area contributed by atoms with Crippen LogP contribution in [0.2, 0.25) is 0 Å². The van der Waals surface area contributed by atoms with Gasteiger partial charge in [0.05, 0.1) is 7.11 Å². The van der Waals surface area contributed by atoms with Crippen LogP contribution in [0.4, 0.5) is 0 Å². The van der Waals surface area contributed by atoms with E-state index in [1.807, 2.05) is 45.9 Å². The molecule has 0 heterocycles. The smallest absolute Gasteiger partial charge is 0.166 e. The van der Waals surface area contributed by atoms with Gasteiger partial charge in [-0.05, 0) is 30.5 Å². The van der Waals surface area contributed by atoms with E-state index in [0.717, 1.165) is 15.8 Å². The maximum atomic E-state index is 12.5. The zero-order valence-corrected chi connectivity index (χ0v) is 14.4. The van der Waals surface area contributed by atoms with Gasteiger partial charge in [0.15, 0.2) is 5.78 Å². The van der Waals surface area contributed by atoms with Crippen molar-refractivity contribution < 1.29 is 14.3 Å². The first kappa shape index (κ1) is 17.2. The van der Waals surface area contributed by atoms with Crippen molar-refractivity contribution in [3.63, 3.8) is 0 Å². The lowest BCUT2D eigenvalue weighted by Gasteiger charge is -2.29. The molecule has 0 aliphatic heterocycles. The van der Waals surface area contributed by atoms with Gasteiger partial charge >= 0.3 is 0 Å². The number of methoxy groups -OCH3 is 1. The fraction of sp³-hybridized carbons (Fsp3) is 0.562. The van der Waals surface area contributed by atoms with Gasteiger partial charge in [0.1, 0.15) is 11.9 Å². The second-order valence-electron chi connectivity index (χ2n) is 5.80. The topological polar surface area (TPSA) is 35.5 Å². The van der Waals surface area contributed by atoms with Crippen LogP contribution in [-0.4, -0.2) is 25.6 Å². The molecule has 1 unspecified atom stereocenters. The van der Waals surface area contributed by atoms with Gasteiger partial charge in [-0.1, -0.05) is 36.7 Å². The summed E-state index contributed by atoms with van der Waals surface area (Å²) in [7, 11) is 1.61. The summed E-state index contributed by atoms with van der Waals surface area (Å²) in [4.78, 5) is 12.5. The number of benzene rings is 1. The van der Waals surface area contributed by atoms with Gasteiger partial charge in [0.2, 0.25) is 0 Å². The molecule has 1 atom stereocenters. The van der Waals surface area contributed by atoms with Crippen molar-refractivity contribution in [3.05, 3.63) is 28.2 Å². The third-order valence-corrected chi connectivity index (χ3v) is 3.51. The Balaban J connectivity index is 2.96. The molecule has 0 N–H and O–H groups in total. The molecule has 112 valence electrons. The molecule has 20 heavy (non-hydrogen) atoms. The van der Waals surface area contributed by atoms with Crippen LogP contribution in [0, 0.1) is 5.41 Å². The minimum absolute atomic E-state index is 0.0794. The van der Waals surface area contributed by atoms with Crippen LogP contribution in [0.15, 0.2) is 22.7 Å². The van der Waals surface area contributed by atoms with Gasteiger partial charge in [-0.2, -0.15) is 0 Å². The average molecular weight is 343 g/mol. The Labute approximate surface area is 129 Å². The van der Waals surface area contributed by atoms with E-state index in [0.29, 0.717) is 13.0 Å². The number of halogens is 1. The van der Waals surface area contributed by atoms with Crippen molar-refractivity contribution in [2.75, 3.05) is 13.7 Å². The van der Waals surface area contributed by atoms with Crippen LogP contribution < -0.4 is 4.74 Å². The summed E-state index contributed by atoms with van der Waals surface area (Å²) in [5.74, 6) is 0.807. The lowest BCUT2D eigenvalue weighted by atomic mass is 9.84. The molecule has 4 heteroatoms. The minimum Gasteiger partial charge on any atom is -0.496 e. The Morgan fingerprint density at radius 2 is 2.00 bits per heavy atom. The van der Waals surface area contributed by atoms with E-state index in [-0.39, 0.29) is 11.2 Å². The Morgan fingerprint density at radius 1 is 1.35 bits per heavy atom. The highest BCUT2D eigenvalue weighted by Crippen LogP contribution is 2.28. The lowest BCUT2D eigenvalue weighted by molar-refractivity contribution is -0.136. The zero-order valence-electron chi connectivity index (χ0n) is 12.8. The number of Topliss-reactive ketones (excluding diaryl/α,β-unsaturated/α-hetero) is 1. The van der Waals surface area contributed by atoms with Crippen molar-refractivity contribution in [3.8, 4) is 5.75 Å². The standard InChI is InChI=1S/C16H23BrO3/c1-6-20-15(16(2,3)4)13(18)10-11-9-12(17)7-8-14(11)19-5/h7-9,15H,6,10H2,1-5H3. The molecule has 0 fully saturated rings. The van der Waals surface area contributed by atoms with Crippen LogP contribution in [0.5, 0.6) is 5.75 Å². The fourth-order valence-corrected chi connectivity index (χ4v) is 2.57. The number of ketones is 1. The Hall–Kier alpha value is -0.870. The first-order chi connectivity index (χ1) is 9.29. The van der Waals surface area contributed by atoms with E-state index in [2.05, 4.69) is 15.9 Å². The van der Waals surface area contributed by atoms with E-state index in [4.69, 9.17) is 9.47 Å². The molecular weight excluding hydrogens is 320 g/mol. The molecule has 3 nitrogen and oxygen atoms in total. The van der Waals surface area contributed by atoms with Crippen molar-refractivity contribution >= 4 is 21.7 Å². The lowest BCUT2D eigenvalue weighted by Crippen LogP contribution is -2.38. The molecule has 0 saturated heterocycles. The van der Waals surface area contributed by atoms with Crippen LogP contribution in [-0.2, 0) is 16.0 Å². The zero-order chi connectivity index (χ0) is 15.3. The predicted molar refractivity (Wildman–Crippen MR) is 84.3 cm³/mol. The number of ether oxygens (including phenoxy) is 2. The maximum Gasteiger partial charge on any atom is 0.166 e. The summed E-state index contributed by atoms with van der Waals surface area (Å²) in [6, 6.07) is 5.68. The highest BCUT2D eigenvalue weighted by molar-refractivity contribution is 9.10. The molecule has 0 aliphatic rings. The first-order valence-corrected chi connectivity index (χ1v) is 7.55. The van der Waals surface area contributed by atoms with E-state index in [1.54, 1.807) is 7.11 Å². The SMILES string of the molecule is CCOC(C(=O)Cc1cc(Br)ccc1OC)C(C)(C)C. The quantitative estimate of drug-likeness (QED) is 0.783. The highest BCUT2D eigenvalue weighted by atomic mass is 79.9. The monoisotopic (exact) mass is 342 g/mol. The van der Waals surface area contributed by atoms with Gasteiger partial charge in [0.25, 0.3) is 0 Å². The van der Waals surface area contributed by atoms with Crippen molar-refractivity contribution in [2.45, 2.75) is 40.2 Å². The molecule has 0 spiro atoms. The van der Waals surface area contributed by atoms with E-state index >= 15 is 0 Å². The van der Waals surface area contributed by atoms with Crippen LogP contribution in [0.3, 0.4) is 0 Å². The van der Waals surface area contributed by atoms with Crippen LogP contribution >= 0.6 is 15.9 Å². The molecule has 0 aromatic heterocycles. The summed E-state index contributed by atoms with van der Waals surface area (Å²) in [5.41, 5.74) is 0.660. The molecule has 0 amide bonds. The fourth-order valence-electron chi connectivity index (χ4n) is 2.16. The van der Waals surface area contributed by atoms with Gasteiger partial charge < -0.3 is 9.47 Å². The Kier molecular flexibility index (Phi) is 6.21. The summed E-state index contributed by atoms with van der Waals surface area (Å²) in [6.07, 6.45) is -0.0962. The number of carbonyl (C=O) groups is 1. The summed E-state index contributed by atoms with van der Waals surface area (Å²) in [6.45, 7) is 8.49. The molecule has 0 bridgehead atoms. The van der Waals surface area contributed by atoms with Crippen molar-refractivity contribution in [1.82, 2.24) is 0 Å². The summed E-state index contributed by atoms with van der Waals surface area (Å²) in [5, 5.41) is 0. The van der Waals surface area contributed by atoms with Gasteiger partial charge in [-0.15, -0.1) is 0 Å². The van der Waals surface area contributed by atoms with Gasteiger partial charge in [-0.25, -0.2) is 0 Å². The minimum atomic E-state index is -0.406. The van der Waals surface area contributed by atoms with Crippen molar-refractivity contribution in [1.29, 1.82) is 0 Å². The molecular formula is C16H23BrO3. The average Bonchev–Trinajstić information content (AvgIpc) is 2.34. The summed E-state index contributed by atoms with van der Waals surface area (Å²) >= 11 is 3.42. The molecule has 0 saturated carbocycles. The third-order valence-electron chi connectivity index (χ3n) is 3.02. The third kappa shape index (κ3) is 4.60. The molecule has 1 aromatic carbocycles. The van der Waals surface area contributed by atoms with Gasteiger partial charge in [0, 0.05) is 23.1 Å². The second kappa shape index (κ2) is 7.23. The largest absolute Gasteiger partial charge is 0.496 e.